The van der Waals surface area contributed by atoms with Crippen molar-refractivity contribution in [2.24, 2.45) is 13.0 Å². The monoisotopic (exact) mass is 555 g/mol. The summed E-state index contributed by atoms with van der Waals surface area (Å²) in [5.74, 6) is -0.501. The first-order valence-electron chi connectivity index (χ1n) is 12.2. The summed E-state index contributed by atoms with van der Waals surface area (Å²) in [6.45, 7) is 7.97. The Morgan fingerprint density at radius 3 is 2.57 bits per heavy atom. The van der Waals surface area contributed by atoms with E-state index in [2.05, 4.69) is 22.2 Å². The predicted molar refractivity (Wildman–Crippen MR) is 151 cm³/mol. The molecule has 2 atom stereocenters. The van der Waals surface area contributed by atoms with Crippen molar-refractivity contribution in [1.29, 1.82) is 0 Å². The number of aliphatic carboxylic acids is 1. The number of nitrogens with zero attached hydrogens (tertiary/aromatic N) is 5. The molecule has 1 saturated carbocycles. The molecule has 12 heteroatoms. The smallest absolute Gasteiger partial charge is 0.410 e. The fourth-order valence-corrected chi connectivity index (χ4v) is 4.45. The number of amides is 1. The fraction of sp³-hybridized carbons (Fsp3) is 0.640. The molecule has 0 saturated heterocycles. The minimum Gasteiger partial charge on any atom is -0.489 e. The highest BCUT2D eigenvalue weighted by Gasteiger charge is 2.30. The van der Waals surface area contributed by atoms with E-state index < -0.39 is 12.1 Å². The van der Waals surface area contributed by atoms with Crippen LogP contribution in [0.3, 0.4) is 0 Å². The van der Waals surface area contributed by atoms with Crippen LogP contribution in [0.4, 0.5) is 4.79 Å². The van der Waals surface area contributed by atoms with E-state index >= 15 is 0 Å². The highest BCUT2D eigenvalue weighted by Crippen LogP contribution is 2.30. The van der Waals surface area contributed by atoms with Crippen molar-refractivity contribution in [3.05, 3.63) is 23.5 Å². The van der Waals surface area contributed by atoms with Crippen LogP contribution in [0, 0.1) is 12.8 Å². The highest BCUT2D eigenvalue weighted by atomic mass is 32.1. The summed E-state index contributed by atoms with van der Waals surface area (Å²) in [6.07, 6.45) is 4.13. The van der Waals surface area contributed by atoms with Gasteiger partial charge in [0.05, 0.1) is 23.4 Å². The molecule has 1 aliphatic carbocycles. The van der Waals surface area contributed by atoms with E-state index in [1.54, 1.807) is 29.7 Å². The van der Waals surface area contributed by atoms with E-state index in [1.807, 2.05) is 26.8 Å². The van der Waals surface area contributed by atoms with Gasteiger partial charge in [0.15, 0.2) is 0 Å². The second-order valence-electron chi connectivity index (χ2n) is 9.91. The molecule has 0 radical (unpaired) electrons. The van der Waals surface area contributed by atoms with Gasteiger partial charge in [0.2, 0.25) is 0 Å². The molecule has 0 spiro atoms. The van der Waals surface area contributed by atoms with Gasteiger partial charge in [-0.2, -0.15) is 27.0 Å². The Morgan fingerprint density at radius 1 is 1.24 bits per heavy atom. The minimum atomic E-state index is -0.764. The van der Waals surface area contributed by atoms with Gasteiger partial charge in [0.1, 0.15) is 23.7 Å². The summed E-state index contributed by atoms with van der Waals surface area (Å²) < 4.78 is 13.3. The number of rotatable bonds is 9. The highest BCUT2D eigenvalue weighted by molar-refractivity contribution is 7.59. The maximum absolute atomic E-state index is 12.7. The number of hydrogen-bond donors (Lipinski definition) is 1. The van der Waals surface area contributed by atoms with Crippen molar-refractivity contribution in [1.82, 2.24) is 24.9 Å². The zero-order valence-electron chi connectivity index (χ0n) is 22.6. The maximum atomic E-state index is 12.7. The van der Waals surface area contributed by atoms with Gasteiger partial charge in [0, 0.05) is 19.6 Å². The largest absolute Gasteiger partial charge is 0.489 e. The molecular formula is C25H41N5O5S2. The first-order chi connectivity index (χ1) is 16.5. The summed E-state index contributed by atoms with van der Waals surface area (Å²) in [6, 6.07) is 3.62. The van der Waals surface area contributed by atoms with Gasteiger partial charge in [-0.15, -0.1) is 5.10 Å². The zero-order valence-corrected chi connectivity index (χ0v) is 24.6. The zero-order chi connectivity index (χ0) is 25.8. The van der Waals surface area contributed by atoms with Gasteiger partial charge < -0.3 is 19.5 Å². The van der Waals surface area contributed by atoms with Crippen molar-refractivity contribution in [3.8, 4) is 17.1 Å². The number of aromatic nitrogens is 4. The molecule has 2 aromatic rings. The van der Waals surface area contributed by atoms with Crippen molar-refractivity contribution in [2.45, 2.75) is 84.5 Å². The normalized spacial score (nSPS) is 17.2. The molecule has 3 rings (SSSR count). The summed E-state index contributed by atoms with van der Waals surface area (Å²) in [5, 5.41) is 17.7. The first kappa shape index (κ1) is 32.6. The van der Waals surface area contributed by atoms with Crippen LogP contribution in [0.5, 0.6) is 5.75 Å². The fourth-order valence-electron chi connectivity index (χ4n) is 4.45. The topological polar surface area (TPSA) is 120 Å². The van der Waals surface area contributed by atoms with Crippen molar-refractivity contribution in [2.75, 3.05) is 7.05 Å². The molecule has 1 aliphatic rings. The molecule has 2 heterocycles. The van der Waals surface area contributed by atoms with Crippen LogP contribution in [-0.2, 0) is 23.2 Å². The number of pyridine rings is 1. The number of hydrogen-bond acceptors (Lipinski definition) is 7. The molecule has 2 aromatic heterocycles. The SMILES string of the molecule is CCCC(C)(C)N(C)C(=O)OCc1c(-c2ccc(O[C@H]3CCC[C@H](C(=O)O)C3)c(C)n2)nnn1C.S.S. The number of carbonyl (C=O) groups excluding carboxylic acids is 1. The van der Waals surface area contributed by atoms with Crippen molar-refractivity contribution < 1.29 is 24.2 Å². The third-order valence-electron chi connectivity index (χ3n) is 6.87. The Morgan fingerprint density at radius 2 is 1.95 bits per heavy atom. The molecule has 0 bridgehead atoms. The van der Waals surface area contributed by atoms with E-state index in [4.69, 9.17) is 9.47 Å². The molecule has 0 unspecified atom stereocenters. The van der Waals surface area contributed by atoms with E-state index in [1.165, 1.54) is 0 Å². The van der Waals surface area contributed by atoms with Crippen LogP contribution in [0.1, 0.15) is 70.7 Å². The van der Waals surface area contributed by atoms with Crippen LogP contribution in [-0.4, -0.2) is 60.7 Å². The number of carboxylic acid groups (broad SMARTS) is 1. The molecule has 1 N–H and O–H groups in total. The van der Waals surface area contributed by atoms with E-state index in [0.717, 1.165) is 25.7 Å². The molecule has 1 fully saturated rings. The molecule has 0 aliphatic heterocycles. The summed E-state index contributed by atoms with van der Waals surface area (Å²) in [5.41, 5.74) is 2.14. The molecular weight excluding hydrogens is 514 g/mol. The van der Waals surface area contributed by atoms with Gasteiger partial charge in [-0.05, 0) is 65.0 Å². The van der Waals surface area contributed by atoms with Crippen LogP contribution < -0.4 is 4.74 Å². The Hall–Kier alpha value is -2.47. The summed E-state index contributed by atoms with van der Waals surface area (Å²) >= 11 is 0. The lowest BCUT2D eigenvalue weighted by Gasteiger charge is -2.34. The lowest BCUT2D eigenvalue weighted by atomic mass is 9.87. The van der Waals surface area contributed by atoms with Crippen LogP contribution >= 0.6 is 27.0 Å². The summed E-state index contributed by atoms with van der Waals surface area (Å²) in [7, 11) is 3.49. The molecule has 0 aromatic carbocycles. The number of carboxylic acids is 1. The van der Waals surface area contributed by atoms with E-state index in [0.29, 0.717) is 41.4 Å². The average molecular weight is 556 g/mol. The third kappa shape index (κ3) is 8.00. The minimum absolute atomic E-state index is 0. The lowest BCUT2D eigenvalue weighted by molar-refractivity contribution is -0.143. The Bertz CT molecular complexity index is 1060. The maximum Gasteiger partial charge on any atom is 0.410 e. The second kappa shape index (κ2) is 13.9. The van der Waals surface area contributed by atoms with Crippen LogP contribution in [0.15, 0.2) is 12.1 Å². The van der Waals surface area contributed by atoms with Gasteiger partial charge >= 0.3 is 12.1 Å². The quantitative estimate of drug-likeness (QED) is 0.477. The Kier molecular flexibility index (Phi) is 12.2. The number of carbonyl (C=O) groups is 2. The second-order valence-corrected chi connectivity index (χ2v) is 9.91. The average Bonchev–Trinajstić information content (AvgIpc) is 3.18. The van der Waals surface area contributed by atoms with Gasteiger partial charge in [-0.3, -0.25) is 4.79 Å². The molecule has 1 amide bonds. The van der Waals surface area contributed by atoms with Crippen molar-refractivity contribution >= 4 is 39.1 Å². The van der Waals surface area contributed by atoms with Gasteiger partial charge in [-0.25, -0.2) is 14.5 Å². The third-order valence-corrected chi connectivity index (χ3v) is 6.87. The lowest BCUT2D eigenvalue weighted by Crippen LogP contribution is -2.45. The van der Waals surface area contributed by atoms with Crippen LogP contribution in [0.25, 0.3) is 11.4 Å². The van der Waals surface area contributed by atoms with Crippen LogP contribution in [0.2, 0.25) is 0 Å². The standard InChI is InChI=1S/C25H37N5O5.2H2S/c1-7-13-25(3,4)29(5)24(33)34-15-20-22(27-28-30(20)6)19-11-12-21(16(2)26-19)35-18-10-8-9-17(14-18)23(31)32;;/h11-12,17-18H,7-10,13-15H2,1-6H3,(H,31,32);2*1H2/t17-,18-;;/m0../s1. The first-order valence-corrected chi connectivity index (χ1v) is 12.2. The van der Waals surface area contributed by atoms with E-state index in [9.17, 15) is 14.7 Å². The Balaban J connectivity index is 0.00000342. The van der Waals surface area contributed by atoms with Gasteiger partial charge in [-0.1, -0.05) is 18.6 Å². The van der Waals surface area contributed by atoms with Crippen molar-refractivity contribution in [3.63, 3.8) is 0 Å². The van der Waals surface area contributed by atoms with Gasteiger partial charge in [0.25, 0.3) is 0 Å². The van der Waals surface area contributed by atoms with E-state index in [-0.39, 0.29) is 51.2 Å². The number of aryl methyl sites for hydroxylation is 2. The Labute approximate surface area is 233 Å². The molecule has 10 nitrogen and oxygen atoms in total. The molecule has 208 valence electrons. The predicted octanol–water partition coefficient (Wildman–Crippen LogP) is 4.58. The molecule has 37 heavy (non-hydrogen) atoms. The summed E-state index contributed by atoms with van der Waals surface area (Å²) in [4.78, 5) is 30.3. The number of ether oxygens (including phenoxy) is 2.